The van der Waals surface area contributed by atoms with Crippen molar-refractivity contribution in [1.29, 1.82) is 0 Å². The molecule has 18 heavy (non-hydrogen) atoms. The lowest BCUT2D eigenvalue weighted by atomic mass is 9.91. The first-order valence-corrected chi connectivity index (χ1v) is 7.50. The number of aromatic nitrogens is 1. The Labute approximate surface area is 115 Å². The van der Waals surface area contributed by atoms with Crippen molar-refractivity contribution in [3.05, 3.63) is 10.6 Å². The number of nitrogens with zero attached hydrogens (tertiary/aromatic N) is 2. The monoisotopic (exact) mass is 270 g/mol. The fourth-order valence-electron chi connectivity index (χ4n) is 2.18. The fraction of sp³-hybridized carbons (Fsp3) is 0.786. The Balaban J connectivity index is 3.08. The molecule has 0 aliphatic carbocycles. The summed E-state index contributed by atoms with van der Waals surface area (Å²) in [7, 11) is 2.10. The largest absolute Gasteiger partial charge is 0.391 e. The molecule has 1 N–H and O–H groups in total. The average molecular weight is 270 g/mol. The molecule has 0 atom stereocenters. The van der Waals surface area contributed by atoms with Crippen molar-refractivity contribution >= 4 is 16.5 Å². The Morgan fingerprint density at radius 2 is 1.83 bits per heavy atom. The first-order valence-electron chi connectivity index (χ1n) is 6.68. The molecule has 0 aliphatic heterocycles. The summed E-state index contributed by atoms with van der Waals surface area (Å²) in [6, 6.07) is 0.524. The zero-order chi connectivity index (χ0) is 13.9. The van der Waals surface area contributed by atoms with E-state index in [0.29, 0.717) is 6.04 Å². The second kappa shape index (κ2) is 6.02. The predicted molar refractivity (Wildman–Crippen MR) is 79.5 cm³/mol. The highest BCUT2D eigenvalue weighted by molar-refractivity contribution is 7.15. The third-order valence-electron chi connectivity index (χ3n) is 3.33. The molecule has 1 heterocycles. The van der Waals surface area contributed by atoms with Crippen molar-refractivity contribution in [2.24, 2.45) is 0 Å². The van der Waals surface area contributed by atoms with Gasteiger partial charge in [0, 0.05) is 18.5 Å². The third-order valence-corrected chi connectivity index (χ3v) is 4.46. The van der Waals surface area contributed by atoms with Gasteiger partial charge in [0.05, 0.1) is 17.2 Å². The number of thiazole rings is 1. The van der Waals surface area contributed by atoms with Crippen molar-refractivity contribution in [3.63, 3.8) is 0 Å². The Hall–Kier alpha value is -0.610. The fourth-order valence-corrected chi connectivity index (χ4v) is 3.34. The predicted octanol–water partition coefficient (Wildman–Crippen LogP) is 3.56. The maximum absolute atomic E-state index is 9.48. The molecule has 0 amide bonds. The number of anilines is 1. The quantitative estimate of drug-likeness (QED) is 0.889. The molecule has 0 radical (unpaired) electrons. The number of hydrogen-bond acceptors (Lipinski definition) is 4. The smallest absolute Gasteiger partial charge is 0.185 e. The average Bonchev–Trinajstić information content (AvgIpc) is 2.74. The standard InChI is InChI=1S/C14H26N2OS/c1-7-10(8-2)16(6)13-15-12(14(3,4)5)11(9-17)18-13/h10,17H,7-9H2,1-6H3. The third kappa shape index (κ3) is 3.23. The topological polar surface area (TPSA) is 36.4 Å². The lowest BCUT2D eigenvalue weighted by Crippen LogP contribution is -2.30. The van der Waals surface area contributed by atoms with Crippen molar-refractivity contribution in [2.75, 3.05) is 11.9 Å². The number of rotatable bonds is 5. The second-order valence-electron chi connectivity index (χ2n) is 5.76. The van der Waals surface area contributed by atoms with Crippen molar-refractivity contribution in [3.8, 4) is 0 Å². The van der Waals surface area contributed by atoms with Gasteiger partial charge in [0.25, 0.3) is 0 Å². The van der Waals surface area contributed by atoms with Crippen LogP contribution in [-0.2, 0) is 12.0 Å². The van der Waals surface area contributed by atoms with Crippen LogP contribution in [0, 0.1) is 0 Å². The van der Waals surface area contributed by atoms with E-state index in [-0.39, 0.29) is 12.0 Å². The van der Waals surface area contributed by atoms with E-state index in [9.17, 15) is 5.11 Å². The van der Waals surface area contributed by atoms with Gasteiger partial charge in [-0.15, -0.1) is 0 Å². The summed E-state index contributed by atoms with van der Waals surface area (Å²) >= 11 is 1.62. The Morgan fingerprint density at radius 3 is 2.17 bits per heavy atom. The van der Waals surface area contributed by atoms with Crippen LogP contribution in [0.5, 0.6) is 0 Å². The van der Waals surface area contributed by atoms with Crippen LogP contribution in [-0.4, -0.2) is 23.2 Å². The van der Waals surface area contributed by atoms with E-state index in [4.69, 9.17) is 4.98 Å². The first-order chi connectivity index (χ1) is 8.35. The van der Waals surface area contributed by atoms with E-state index in [1.54, 1.807) is 11.3 Å². The molecule has 1 aromatic rings. The number of hydrogen-bond donors (Lipinski definition) is 1. The summed E-state index contributed by atoms with van der Waals surface area (Å²) in [4.78, 5) is 8.00. The highest BCUT2D eigenvalue weighted by Gasteiger charge is 2.25. The molecule has 4 heteroatoms. The van der Waals surface area contributed by atoms with E-state index < -0.39 is 0 Å². The molecule has 0 saturated heterocycles. The van der Waals surface area contributed by atoms with Gasteiger partial charge in [-0.05, 0) is 12.8 Å². The van der Waals surface area contributed by atoms with E-state index in [1.807, 2.05) is 0 Å². The highest BCUT2D eigenvalue weighted by atomic mass is 32.1. The lowest BCUT2D eigenvalue weighted by molar-refractivity contribution is 0.282. The highest BCUT2D eigenvalue weighted by Crippen LogP contribution is 2.34. The Bertz CT molecular complexity index is 378. The number of aliphatic hydroxyl groups excluding tert-OH is 1. The molecule has 0 bridgehead atoms. The summed E-state index contributed by atoms with van der Waals surface area (Å²) in [5.74, 6) is 0. The van der Waals surface area contributed by atoms with Crippen LogP contribution in [0.2, 0.25) is 0 Å². The summed E-state index contributed by atoms with van der Waals surface area (Å²) < 4.78 is 0. The maximum atomic E-state index is 9.48. The molecule has 0 spiro atoms. The van der Waals surface area contributed by atoms with Gasteiger partial charge in [0.1, 0.15) is 0 Å². The Morgan fingerprint density at radius 1 is 1.28 bits per heavy atom. The minimum Gasteiger partial charge on any atom is -0.391 e. The zero-order valence-corrected chi connectivity index (χ0v) is 13.3. The van der Waals surface area contributed by atoms with Crippen LogP contribution in [0.25, 0.3) is 0 Å². The van der Waals surface area contributed by atoms with Gasteiger partial charge in [0.15, 0.2) is 5.13 Å². The molecular formula is C14H26N2OS. The molecule has 0 unspecified atom stereocenters. The van der Waals surface area contributed by atoms with Gasteiger partial charge < -0.3 is 10.0 Å². The van der Waals surface area contributed by atoms with E-state index in [2.05, 4.69) is 46.6 Å². The molecule has 1 rings (SSSR count). The number of aliphatic hydroxyl groups is 1. The second-order valence-corrected chi connectivity index (χ2v) is 6.82. The van der Waals surface area contributed by atoms with E-state index in [1.165, 1.54) is 0 Å². The Kier molecular flexibility index (Phi) is 5.17. The van der Waals surface area contributed by atoms with E-state index in [0.717, 1.165) is 28.5 Å². The van der Waals surface area contributed by atoms with Crippen LogP contribution in [0.1, 0.15) is 58.0 Å². The first kappa shape index (κ1) is 15.4. The van der Waals surface area contributed by atoms with Crippen LogP contribution in [0.3, 0.4) is 0 Å². The minimum absolute atomic E-state index is 0.0123. The minimum atomic E-state index is -0.0123. The van der Waals surface area contributed by atoms with Crippen LogP contribution >= 0.6 is 11.3 Å². The lowest BCUT2D eigenvalue weighted by Gasteiger charge is -2.25. The summed E-state index contributed by atoms with van der Waals surface area (Å²) in [5.41, 5.74) is 1.02. The van der Waals surface area contributed by atoms with Gasteiger partial charge >= 0.3 is 0 Å². The molecule has 3 nitrogen and oxygen atoms in total. The molecule has 1 aromatic heterocycles. The zero-order valence-electron chi connectivity index (χ0n) is 12.4. The van der Waals surface area contributed by atoms with Gasteiger partial charge in [-0.1, -0.05) is 46.0 Å². The maximum Gasteiger partial charge on any atom is 0.185 e. The van der Waals surface area contributed by atoms with Gasteiger partial charge in [-0.3, -0.25) is 0 Å². The van der Waals surface area contributed by atoms with Gasteiger partial charge in [-0.2, -0.15) is 0 Å². The van der Waals surface area contributed by atoms with Gasteiger partial charge in [0.2, 0.25) is 0 Å². The van der Waals surface area contributed by atoms with Crippen LogP contribution < -0.4 is 4.90 Å². The molecule has 0 saturated carbocycles. The van der Waals surface area contributed by atoms with Crippen molar-refractivity contribution in [2.45, 2.75) is 65.5 Å². The van der Waals surface area contributed by atoms with Crippen molar-refractivity contribution < 1.29 is 5.11 Å². The summed E-state index contributed by atoms with van der Waals surface area (Å²) in [6.45, 7) is 10.9. The summed E-state index contributed by atoms with van der Waals surface area (Å²) in [6.07, 6.45) is 2.23. The normalized spacial score (nSPS) is 12.2. The van der Waals surface area contributed by atoms with Crippen molar-refractivity contribution in [1.82, 2.24) is 4.98 Å². The molecule has 0 aromatic carbocycles. The molecule has 104 valence electrons. The SMILES string of the molecule is CCC(CC)N(C)c1nc(C(C)(C)C)c(CO)s1. The molecular weight excluding hydrogens is 244 g/mol. The van der Waals surface area contributed by atoms with Gasteiger partial charge in [-0.25, -0.2) is 4.98 Å². The summed E-state index contributed by atoms with van der Waals surface area (Å²) in [5, 5.41) is 10.5. The molecule has 0 aliphatic rings. The van der Waals surface area contributed by atoms with Crippen LogP contribution in [0.15, 0.2) is 0 Å². The van der Waals surface area contributed by atoms with Crippen LogP contribution in [0.4, 0.5) is 5.13 Å². The van der Waals surface area contributed by atoms with E-state index >= 15 is 0 Å². The molecule has 0 fully saturated rings.